The zero-order chi connectivity index (χ0) is 23.5. The number of thioether (sulfide) groups is 1. The van der Waals surface area contributed by atoms with Crippen molar-refractivity contribution >= 4 is 34.6 Å². The first-order chi connectivity index (χ1) is 15.8. The van der Waals surface area contributed by atoms with E-state index in [1.54, 1.807) is 30.5 Å². The van der Waals surface area contributed by atoms with Crippen LogP contribution in [0, 0.1) is 11.7 Å². The van der Waals surface area contributed by atoms with Crippen LogP contribution in [0.4, 0.5) is 4.39 Å². The molecule has 4 rings (SSSR count). The summed E-state index contributed by atoms with van der Waals surface area (Å²) in [7, 11) is 0. The number of halogens is 1. The summed E-state index contributed by atoms with van der Waals surface area (Å²) in [6.07, 6.45) is 5.91. The highest BCUT2D eigenvalue weighted by Crippen LogP contribution is 2.40. The maximum atomic E-state index is 14.7. The fraction of sp³-hybridized carbons (Fsp3) is 0.417. The molecule has 1 aromatic heterocycles. The number of aromatic nitrogens is 2. The summed E-state index contributed by atoms with van der Waals surface area (Å²) in [6.45, 7) is 2.52. The Balaban J connectivity index is 1.64. The number of nitrogens with two attached hydrogens (primary N) is 1. The SMILES string of the molecule is CC(=O)SC1CCN(C(C(=O)C2CC2)c2ccccc2F)C/C1=C/c1ccn(CC(N)=O)n1. The number of primary amides is 1. The van der Waals surface area contributed by atoms with Crippen molar-refractivity contribution in [3.63, 3.8) is 0 Å². The lowest BCUT2D eigenvalue weighted by atomic mass is 9.93. The minimum absolute atomic E-state index is 0.0123. The molecule has 2 unspecified atom stereocenters. The van der Waals surface area contributed by atoms with Crippen molar-refractivity contribution in [3.05, 3.63) is 59.2 Å². The van der Waals surface area contributed by atoms with Crippen LogP contribution < -0.4 is 5.73 Å². The van der Waals surface area contributed by atoms with Gasteiger partial charge in [0.1, 0.15) is 12.4 Å². The number of Topliss-reactive ketones (excluding diaryl/α,β-unsaturated/α-hetero) is 1. The molecule has 2 N–H and O–H groups in total. The molecule has 2 fully saturated rings. The highest BCUT2D eigenvalue weighted by molar-refractivity contribution is 8.14. The van der Waals surface area contributed by atoms with Crippen LogP contribution in [0.2, 0.25) is 0 Å². The predicted molar refractivity (Wildman–Crippen MR) is 125 cm³/mol. The molecule has 7 nitrogen and oxygen atoms in total. The number of nitrogens with zero attached hydrogens (tertiary/aromatic N) is 3. The molecule has 1 aliphatic heterocycles. The van der Waals surface area contributed by atoms with Crippen LogP contribution in [-0.2, 0) is 20.9 Å². The summed E-state index contributed by atoms with van der Waals surface area (Å²) in [5.41, 5.74) is 7.22. The molecule has 0 spiro atoms. The first-order valence-electron chi connectivity index (χ1n) is 11.0. The third-order valence-electron chi connectivity index (χ3n) is 5.91. The monoisotopic (exact) mass is 470 g/mol. The molecule has 2 atom stereocenters. The van der Waals surface area contributed by atoms with E-state index >= 15 is 0 Å². The summed E-state index contributed by atoms with van der Waals surface area (Å²) < 4.78 is 16.2. The number of hydrogen-bond donors (Lipinski definition) is 1. The largest absolute Gasteiger partial charge is 0.368 e. The predicted octanol–water partition coefficient (Wildman–Crippen LogP) is 2.97. The molecule has 174 valence electrons. The lowest BCUT2D eigenvalue weighted by Crippen LogP contribution is -2.43. The van der Waals surface area contributed by atoms with Crippen molar-refractivity contribution in [1.82, 2.24) is 14.7 Å². The van der Waals surface area contributed by atoms with Crippen molar-refractivity contribution in [3.8, 4) is 0 Å². The number of carbonyl (C=O) groups is 3. The van der Waals surface area contributed by atoms with Crippen molar-refractivity contribution in [2.75, 3.05) is 13.1 Å². The molecular weight excluding hydrogens is 443 g/mol. The number of likely N-dealkylation sites (tertiary alicyclic amines) is 1. The van der Waals surface area contributed by atoms with Gasteiger partial charge in [-0.1, -0.05) is 30.0 Å². The van der Waals surface area contributed by atoms with Gasteiger partial charge in [-0.2, -0.15) is 5.10 Å². The van der Waals surface area contributed by atoms with E-state index in [9.17, 15) is 18.8 Å². The molecule has 0 bridgehead atoms. The first kappa shape index (κ1) is 23.4. The summed E-state index contributed by atoms with van der Waals surface area (Å²) >= 11 is 1.26. The van der Waals surface area contributed by atoms with E-state index in [1.807, 2.05) is 11.0 Å². The third kappa shape index (κ3) is 5.78. The number of ketones is 1. The summed E-state index contributed by atoms with van der Waals surface area (Å²) in [4.78, 5) is 38.3. The highest BCUT2D eigenvalue weighted by atomic mass is 32.2. The first-order valence-corrected chi connectivity index (χ1v) is 11.9. The Morgan fingerprint density at radius 2 is 2.00 bits per heavy atom. The van der Waals surface area contributed by atoms with Gasteiger partial charge in [0.2, 0.25) is 5.91 Å². The number of piperidine rings is 1. The number of benzene rings is 1. The summed E-state index contributed by atoms with van der Waals surface area (Å²) in [5.74, 6) is -0.830. The third-order valence-corrected chi connectivity index (χ3v) is 7.07. The standard InChI is InChI=1S/C24H27FN4O3S/c1-15(30)33-21-9-10-28(13-17(21)12-18-8-11-29(27-18)14-22(26)31)23(24(32)16-6-7-16)19-4-2-3-5-20(19)25/h2-5,8,11-12,16,21,23H,6-7,9-10,13-14H2,1H3,(H2,26,31)/b17-12-. The van der Waals surface area contributed by atoms with Gasteiger partial charge in [0.25, 0.3) is 0 Å². The second kappa shape index (κ2) is 10.0. The molecule has 1 aromatic carbocycles. The van der Waals surface area contributed by atoms with Gasteiger partial charge < -0.3 is 5.73 Å². The minimum Gasteiger partial charge on any atom is -0.368 e. The van der Waals surface area contributed by atoms with Gasteiger partial charge in [0.05, 0.1) is 11.7 Å². The second-order valence-electron chi connectivity index (χ2n) is 8.58. The molecule has 0 radical (unpaired) electrons. The van der Waals surface area contributed by atoms with Crippen LogP contribution in [0.5, 0.6) is 0 Å². The smallest absolute Gasteiger partial charge is 0.239 e. The molecule has 2 aliphatic rings. The fourth-order valence-corrected chi connectivity index (χ4v) is 5.21. The zero-order valence-corrected chi connectivity index (χ0v) is 19.3. The molecule has 2 aromatic rings. The van der Waals surface area contributed by atoms with E-state index in [4.69, 9.17) is 5.73 Å². The average molecular weight is 471 g/mol. The number of amides is 1. The normalized spacial score (nSPS) is 21.2. The Bertz CT molecular complexity index is 1090. The molecule has 9 heteroatoms. The quantitative estimate of drug-likeness (QED) is 0.637. The maximum Gasteiger partial charge on any atom is 0.239 e. The van der Waals surface area contributed by atoms with E-state index in [0.717, 1.165) is 18.4 Å². The average Bonchev–Trinajstić information content (AvgIpc) is 3.52. The summed E-state index contributed by atoms with van der Waals surface area (Å²) in [5, 5.41) is 4.33. The Kier molecular flexibility index (Phi) is 7.09. The number of carbonyl (C=O) groups excluding carboxylic acids is 3. The van der Waals surface area contributed by atoms with Gasteiger partial charge >= 0.3 is 0 Å². The molecular formula is C24H27FN4O3S. The zero-order valence-electron chi connectivity index (χ0n) is 18.4. The molecule has 1 saturated heterocycles. The van der Waals surface area contributed by atoms with Gasteiger partial charge in [0, 0.05) is 42.9 Å². The molecule has 1 aliphatic carbocycles. The Labute approximate surface area is 196 Å². The number of rotatable bonds is 8. The fourth-order valence-electron chi connectivity index (χ4n) is 4.29. The van der Waals surface area contributed by atoms with E-state index < -0.39 is 11.9 Å². The lowest BCUT2D eigenvalue weighted by Gasteiger charge is -2.38. The van der Waals surface area contributed by atoms with Gasteiger partial charge in [-0.25, -0.2) is 4.39 Å². The van der Waals surface area contributed by atoms with Crippen LogP contribution in [0.3, 0.4) is 0 Å². The lowest BCUT2D eigenvalue weighted by molar-refractivity contribution is -0.126. The van der Waals surface area contributed by atoms with Crippen molar-refractivity contribution < 1.29 is 18.8 Å². The van der Waals surface area contributed by atoms with Crippen molar-refractivity contribution in [1.29, 1.82) is 0 Å². The Hall–Kier alpha value is -2.78. The van der Waals surface area contributed by atoms with E-state index in [2.05, 4.69) is 5.10 Å². The molecule has 1 saturated carbocycles. The van der Waals surface area contributed by atoms with Crippen LogP contribution in [0.1, 0.15) is 43.5 Å². The topological polar surface area (TPSA) is 98.3 Å². The van der Waals surface area contributed by atoms with Gasteiger partial charge in [-0.15, -0.1) is 0 Å². The van der Waals surface area contributed by atoms with Crippen LogP contribution in [0.15, 0.2) is 42.1 Å². The molecule has 2 heterocycles. The van der Waals surface area contributed by atoms with E-state index in [-0.39, 0.29) is 34.4 Å². The molecule has 1 amide bonds. The maximum absolute atomic E-state index is 14.7. The van der Waals surface area contributed by atoms with Gasteiger partial charge in [-0.3, -0.25) is 24.0 Å². The Morgan fingerprint density at radius 3 is 2.67 bits per heavy atom. The van der Waals surface area contributed by atoms with Crippen LogP contribution >= 0.6 is 11.8 Å². The minimum atomic E-state index is -0.655. The van der Waals surface area contributed by atoms with Gasteiger partial charge in [-0.05, 0) is 43.0 Å². The summed E-state index contributed by atoms with van der Waals surface area (Å²) in [6, 6.07) is 7.58. The van der Waals surface area contributed by atoms with Crippen molar-refractivity contribution in [2.24, 2.45) is 11.7 Å². The Morgan fingerprint density at radius 1 is 1.24 bits per heavy atom. The van der Waals surface area contributed by atoms with Crippen molar-refractivity contribution in [2.45, 2.75) is 44.0 Å². The second-order valence-corrected chi connectivity index (χ2v) is 9.96. The van der Waals surface area contributed by atoms with E-state index in [1.165, 1.54) is 29.4 Å². The number of hydrogen-bond acceptors (Lipinski definition) is 6. The van der Waals surface area contributed by atoms with E-state index in [0.29, 0.717) is 30.8 Å². The van der Waals surface area contributed by atoms with Crippen LogP contribution in [0.25, 0.3) is 6.08 Å². The highest BCUT2D eigenvalue weighted by Gasteiger charge is 2.41. The molecule has 33 heavy (non-hydrogen) atoms. The van der Waals surface area contributed by atoms with Gasteiger partial charge in [0.15, 0.2) is 10.9 Å². The van der Waals surface area contributed by atoms with Crippen LogP contribution in [-0.4, -0.2) is 49.8 Å².